The predicted octanol–water partition coefficient (Wildman–Crippen LogP) is 22.2. The minimum atomic E-state index is -3.01. The van der Waals surface area contributed by atoms with Gasteiger partial charge in [-0.3, -0.25) is 4.57 Å². The highest BCUT2D eigenvalue weighted by molar-refractivity contribution is 7.57. The molecule has 0 atom stereocenters. The van der Waals surface area contributed by atoms with Crippen molar-refractivity contribution in [2.75, 3.05) is 20.0 Å². The third-order valence-electron chi connectivity index (χ3n) is 14.8. The largest absolute Gasteiger partial charge is 0.327 e. The van der Waals surface area contributed by atoms with Crippen LogP contribution in [0.3, 0.4) is 0 Å². The highest BCUT2D eigenvalue weighted by Crippen LogP contribution is 2.51. The Morgan fingerprint density at radius 3 is 0.548 bits per heavy atom. The van der Waals surface area contributed by atoms with Gasteiger partial charge in [0.25, 0.3) is 0 Å². The van der Waals surface area contributed by atoms with Gasteiger partial charge in [-0.05, 0) is 0 Å². The molecule has 0 rings (SSSR count). The van der Waals surface area contributed by atoms with Crippen LogP contribution in [0, 0.1) is 0 Å². The molecule has 0 saturated heterocycles. The zero-order chi connectivity index (χ0) is 45.2. The van der Waals surface area contributed by atoms with Crippen LogP contribution in [-0.2, 0) is 13.6 Å². The molecule has 0 spiro atoms. The van der Waals surface area contributed by atoms with Gasteiger partial charge in [0.15, 0.2) is 0 Å². The van der Waals surface area contributed by atoms with Gasteiger partial charge in [0.1, 0.15) is 0 Å². The van der Waals surface area contributed by atoms with Crippen LogP contribution >= 0.6 is 7.60 Å². The van der Waals surface area contributed by atoms with Gasteiger partial charge in [-0.15, -0.1) is 0 Å². The summed E-state index contributed by atoms with van der Waals surface area (Å²) < 4.78 is 25.3. The average molecular weight is 912 g/mol. The molecule has 0 aliphatic heterocycles. The summed E-state index contributed by atoms with van der Waals surface area (Å²) in [5, 5.41) is 0. The first-order chi connectivity index (χ1) is 30.5. The van der Waals surface area contributed by atoms with Crippen LogP contribution in [-0.4, -0.2) is 28.1 Å². The van der Waals surface area contributed by atoms with Crippen molar-refractivity contribution in [2.45, 2.75) is 347 Å². The zero-order valence-corrected chi connectivity index (χ0v) is 45.8. The van der Waals surface area contributed by atoms with E-state index in [0.29, 0.717) is 0 Å². The minimum Gasteiger partial charge on any atom is -0.312 e. The molecule has 0 aromatic rings. The Bertz CT molecular complexity index is 786. The molecule has 5 heteroatoms. The second-order valence-corrected chi connectivity index (χ2v) is 28.5. The van der Waals surface area contributed by atoms with E-state index in [9.17, 15) is 4.57 Å². The Morgan fingerprint density at radius 1 is 0.258 bits per heavy atom. The van der Waals surface area contributed by atoms with Crippen LogP contribution in [0.25, 0.3) is 0 Å². The van der Waals surface area contributed by atoms with Crippen molar-refractivity contribution in [3.05, 3.63) is 0 Å². The first-order valence-corrected chi connectivity index (χ1v) is 33.8. The number of unbranched alkanes of at least 4 members (excludes halogenated alkanes) is 45. The van der Waals surface area contributed by atoms with Gasteiger partial charge < -0.3 is 9.05 Å². The van der Waals surface area contributed by atoms with Gasteiger partial charge in [-0.2, -0.15) is 0 Å². The Kier molecular flexibility index (Phi) is 51.1. The molecule has 0 heterocycles. The maximum absolute atomic E-state index is 13.9. The quantitative estimate of drug-likeness (QED) is 0.0346. The summed E-state index contributed by atoms with van der Waals surface area (Å²) in [4.78, 5) is 0. The molecule has 3 nitrogen and oxygen atoms in total. The third kappa shape index (κ3) is 44.2. The standard InChI is InChI=1S/C57H119O3PSi/c1-6-9-12-15-18-21-24-27-30-33-36-39-42-45-48-51-54-62(57-61(58,59-4)60-5,55-52-49-46-43-40-37-34-31-28-25-22-19-16-13-10-7-2)56-53-50-47-44-41-38-35-32-29-26-23-20-17-14-11-8-3/h6-57H2,1-5H3. The number of hydrogen-bond donors (Lipinski definition) is 0. The SMILES string of the molecule is CCCCCCCCCCCCCCCCCC[Si](CCCCCCCCCCCCCCCCCC)(CCCCCCCCCCCCCCCCCC)CP(=O)(OC)OC. The fraction of sp³-hybridized carbons (Fsp3) is 1.00. The lowest BCUT2D eigenvalue weighted by atomic mass is 10.0. The lowest BCUT2D eigenvalue weighted by Gasteiger charge is -2.34. The lowest BCUT2D eigenvalue weighted by Crippen LogP contribution is -2.39. The second-order valence-electron chi connectivity index (χ2n) is 20.8. The van der Waals surface area contributed by atoms with Crippen molar-refractivity contribution < 1.29 is 13.6 Å². The van der Waals surface area contributed by atoms with Gasteiger partial charge in [0.05, 0.1) is 8.07 Å². The van der Waals surface area contributed by atoms with E-state index in [0.717, 1.165) is 5.79 Å². The summed E-state index contributed by atoms with van der Waals surface area (Å²) in [5.74, 6) is 0.753. The molecule has 0 fully saturated rings. The zero-order valence-electron chi connectivity index (χ0n) is 43.9. The summed E-state index contributed by atoms with van der Waals surface area (Å²) in [6.45, 7) is 6.93. The summed E-state index contributed by atoms with van der Waals surface area (Å²) in [7, 11) is -1.54. The molecule has 0 aliphatic carbocycles. The van der Waals surface area contributed by atoms with Crippen molar-refractivity contribution in [3.8, 4) is 0 Å². The molecule has 0 aliphatic rings. The molecule has 374 valence electrons. The molecule has 0 N–H and O–H groups in total. The molecule has 0 bridgehead atoms. The van der Waals surface area contributed by atoms with E-state index < -0.39 is 15.7 Å². The average Bonchev–Trinajstić information content (AvgIpc) is 3.28. The molecular formula is C57H119O3PSi. The second kappa shape index (κ2) is 50.8. The van der Waals surface area contributed by atoms with Gasteiger partial charge in [-0.1, -0.05) is 347 Å². The minimum absolute atomic E-state index is 0.753. The number of rotatable bonds is 55. The van der Waals surface area contributed by atoms with Crippen molar-refractivity contribution in [2.24, 2.45) is 0 Å². The van der Waals surface area contributed by atoms with Gasteiger partial charge in [0.2, 0.25) is 0 Å². The maximum atomic E-state index is 13.9. The van der Waals surface area contributed by atoms with Crippen molar-refractivity contribution >= 4 is 15.7 Å². The fourth-order valence-corrected chi connectivity index (χ4v) is 20.5. The molecular weight excluding hydrogens is 792 g/mol. The number of hydrogen-bond acceptors (Lipinski definition) is 3. The van der Waals surface area contributed by atoms with Crippen LogP contribution in [0.4, 0.5) is 0 Å². The summed E-state index contributed by atoms with van der Waals surface area (Å²) in [6, 6.07) is 4.00. The van der Waals surface area contributed by atoms with E-state index in [4.69, 9.17) is 9.05 Å². The highest BCUT2D eigenvalue weighted by atomic mass is 31.2. The summed E-state index contributed by atoms with van der Waals surface area (Å²) in [5.41, 5.74) is 0. The highest BCUT2D eigenvalue weighted by Gasteiger charge is 2.40. The van der Waals surface area contributed by atoms with Gasteiger partial charge in [-0.25, -0.2) is 0 Å². The Balaban J connectivity index is 4.73. The van der Waals surface area contributed by atoms with E-state index in [1.165, 1.54) is 326 Å². The molecule has 62 heavy (non-hydrogen) atoms. The smallest absolute Gasteiger partial charge is 0.312 e. The van der Waals surface area contributed by atoms with Crippen molar-refractivity contribution in [1.29, 1.82) is 0 Å². The molecule has 0 saturated carbocycles. The summed E-state index contributed by atoms with van der Waals surface area (Å²) in [6.07, 6.45) is 68.1. The first-order valence-electron chi connectivity index (χ1n) is 29.2. The van der Waals surface area contributed by atoms with E-state index in [1.54, 1.807) is 14.2 Å². The van der Waals surface area contributed by atoms with Crippen molar-refractivity contribution in [1.82, 2.24) is 0 Å². The third-order valence-corrected chi connectivity index (χ3v) is 24.4. The normalized spacial score (nSPS) is 12.3. The van der Waals surface area contributed by atoms with E-state index in [2.05, 4.69) is 20.8 Å². The molecule has 0 aromatic carbocycles. The molecule has 0 aromatic heterocycles. The molecule has 0 radical (unpaired) electrons. The van der Waals surface area contributed by atoms with E-state index >= 15 is 0 Å². The molecule has 0 unspecified atom stereocenters. The van der Waals surface area contributed by atoms with Crippen LogP contribution in [0.1, 0.15) is 329 Å². The van der Waals surface area contributed by atoms with E-state index in [-0.39, 0.29) is 0 Å². The van der Waals surface area contributed by atoms with Crippen LogP contribution < -0.4 is 0 Å². The Labute approximate surface area is 394 Å². The van der Waals surface area contributed by atoms with Crippen LogP contribution in [0.5, 0.6) is 0 Å². The molecule has 0 amide bonds. The maximum Gasteiger partial charge on any atom is 0.327 e. The van der Waals surface area contributed by atoms with Gasteiger partial charge >= 0.3 is 7.60 Å². The van der Waals surface area contributed by atoms with E-state index in [1.807, 2.05) is 0 Å². The lowest BCUT2D eigenvalue weighted by molar-refractivity contribution is 0.279. The first kappa shape index (κ1) is 62.4. The van der Waals surface area contributed by atoms with Crippen LogP contribution in [0.15, 0.2) is 0 Å². The topological polar surface area (TPSA) is 35.5 Å². The monoisotopic (exact) mass is 911 g/mol. The summed E-state index contributed by atoms with van der Waals surface area (Å²) >= 11 is 0. The predicted molar refractivity (Wildman–Crippen MR) is 285 cm³/mol. The fourth-order valence-electron chi connectivity index (χ4n) is 10.4. The Morgan fingerprint density at radius 2 is 0.403 bits per heavy atom. The Hall–Kier alpha value is 0.367. The van der Waals surface area contributed by atoms with Crippen molar-refractivity contribution in [3.63, 3.8) is 0 Å². The van der Waals surface area contributed by atoms with Crippen LogP contribution in [0.2, 0.25) is 18.1 Å². The van der Waals surface area contributed by atoms with Gasteiger partial charge in [0, 0.05) is 20.0 Å².